The molecule has 0 spiro atoms. The van der Waals surface area contributed by atoms with Gasteiger partial charge in [-0.3, -0.25) is 4.57 Å². The Hall–Kier alpha value is -1.10. The summed E-state index contributed by atoms with van der Waals surface area (Å²) < 4.78 is 6.72. The van der Waals surface area contributed by atoms with E-state index in [2.05, 4.69) is 10.2 Å². The molecule has 0 saturated heterocycles. The molecule has 0 aromatic carbocycles. The highest BCUT2D eigenvalue weighted by atomic mass is 16.5. The molecule has 1 aromatic rings. The molecule has 1 aromatic heterocycles. The second-order valence-corrected chi connectivity index (χ2v) is 2.72. The number of hydrogen-bond donors (Lipinski definition) is 1. The summed E-state index contributed by atoms with van der Waals surface area (Å²) in [7, 11) is 1.53. The van der Waals surface area contributed by atoms with Gasteiger partial charge in [0, 0.05) is 6.04 Å². The van der Waals surface area contributed by atoms with Crippen molar-refractivity contribution >= 4 is 0 Å². The largest absolute Gasteiger partial charge is 0.467 e. The first kappa shape index (κ1) is 8.99. The Balaban J connectivity index is 3.07. The highest BCUT2D eigenvalue weighted by Crippen LogP contribution is 2.16. The van der Waals surface area contributed by atoms with Crippen LogP contribution >= 0.6 is 0 Å². The van der Waals surface area contributed by atoms with Crippen LogP contribution < -0.4 is 4.74 Å². The van der Waals surface area contributed by atoms with Crippen molar-refractivity contribution in [2.45, 2.75) is 26.5 Å². The molecule has 68 valence electrons. The van der Waals surface area contributed by atoms with Crippen molar-refractivity contribution in [3.8, 4) is 6.01 Å². The van der Waals surface area contributed by atoms with E-state index in [1.54, 1.807) is 4.57 Å². The van der Waals surface area contributed by atoms with Gasteiger partial charge in [0.25, 0.3) is 0 Å². The van der Waals surface area contributed by atoms with E-state index in [1.807, 2.05) is 13.8 Å². The third-order valence-electron chi connectivity index (χ3n) is 1.58. The van der Waals surface area contributed by atoms with Crippen LogP contribution in [0.2, 0.25) is 0 Å². The van der Waals surface area contributed by atoms with E-state index < -0.39 is 0 Å². The van der Waals surface area contributed by atoms with Crippen LogP contribution in [0.15, 0.2) is 0 Å². The SMILES string of the molecule is COc1nnc(CO)n1C(C)C. The van der Waals surface area contributed by atoms with Gasteiger partial charge >= 0.3 is 6.01 Å². The first-order valence-corrected chi connectivity index (χ1v) is 3.79. The van der Waals surface area contributed by atoms with Crippen LogP contribution in [0.1, 0.15) is 25.7 Å². The smallest absolute Gasteiger partial charge is 0.316 e. The Bertz CT molecular complexity index is 236. The molecule has 0 atom stereocenters. The summed E-state index contributed by atoms with van der Waals surface area (Å²) in [5.41, 5.74) is 0. The fraction of sp³-hybridized carbons (Fsp3) is 0.714. The number of rotatable bonds is 3. The fourth-order valence-electron chi connectivity index (χ4n) is 1.07. The first-order chi connectivity index (χ1) is 5.70. The van der Waals surface area contributed by atoms with Crippen molar-refractivity contribution < 1.29 is 9.84 Å². The number of nitrogens with zero attached hydrogens (tertiary/aromatic N) is 3. The van der Waals surface area contributed by atoms with E-state index in [9.17, 15) is 0 Å². The van der Waals surface area contributed by atoms with E-state index in [-0.39, 0.29) is 12.6 Å². The fourth-order valence-corrected chi connectivity index (χ4v) is 1.07. The van der Waals surface area contributed by atoms with Gasteiger partial charge in [0.2, 0.25) is 0 Å². The Kier molecular flexibility index (Phi) is 2.65. The summed E-state index contributed by atoms with van der Waals surface area (Å²) in [4.78, 5) is 0. The summed E-state index contributed by atoms with van der Waals surface area (Å²) in [5.74, 6) is 0.529. The molecule has 0 aliphatic heterocycles. The second-order valence-electron chi connectivity index (χ2n) is 2.72. The highest BCUT2D eigenvalue weighted by Gasteiger charge is 2.13. The summed E-state index contributed by atoms with van der Waals surface area (Å²) >= 11 is 0. The minimum atomic E-state index is -0.117. The maximum atomic E-state index is 8.90. The van der Waals surface area contributed by atoms with Crippen molar-refractivity contribution in [1.82, 2.24) is 14.8 Å². The molecule has 1 heterocycles. The van der Waals surface area contributed by atoms with E-state index in [0.29, 0.717) is 11.8 Å². The van der Waals surface area contributed by atoms with Crippen LogP contribution in [0.3, 0.4) is 0 Å². The Morgan fingerprint density at radius 3 is 2.58 bits per heavy atom. The Labute approximate surface area is 71.0 Å². The molecule has 0 bridgehead atoms. The zero-order valence-corrected chi connectivity index (χ0v) is 7.48. The average molecular weight is 171 g/mol. The van der Waals surface area contributed by atoms with Crippen LogP contribution in [0.4, 0.5) is 0 Å². The molecule has 0 unspecified atom stereocenters. The van der Waals surface area contributed by atoms with Crippen molar-refractivity contribution in [3.63, 3.8) is 0 Å². The van der Waals surface area contributed by atoms with Crippen LogP contribution in [-0.4, -0.2) is 27.0 Å². The van der Waals surface area contributed by atoms with Crippen molar-refractivity contribution in [2.24, 2.45) is 0 Å². The number of methoxy groups -OCH3 is 1. The van der Waals surface area contributed by atoms with E-state index in [1.165, 1.54) is 7.11 Å². The number of aliphatic hydroxyl groups excluding tert-OH is 1. The van der Waals surface area contributed by atoms with Gasteiger partial charge < -0.3 is 9.84 Å². The van der Waals surface area contributed by atoms with Gasteiger partial charge in [-0.1, -0.05) is 5.10 Å². The number of hydrogen-bond acceptors (Lipinski definition) is 4. The molecule has 5 nitrogen and oxygen atoms in total. The summed E-state index contributed by atoms with van der Waals surface area (Å²) in [6.07, 6.45) is 0. The zero-order valence-electron chi connectivity index (χ0n) is 7.48. The molecule has 0 aliphatic carbocycles. The van der Waals surface area contributed by atoms with Gasteiger partial charge in [-0.2, -0.15) is 0 Å². The Morgan fingerprint density at radius 2 is 2.17 bits per heavy atom. The van der Waals surface area contributed by atoms with Crippen molar-refractivity contribution in [1.29, 1.82) is 0 Å². The quantitative estimate of drug-likeness (QED) is 0.713. The van der Waals surface area contributed by atoms with Gasteiger partial charge in [-0.25, -0.2) is 0 Å². The summed E-state index contributed by atoms with van der Waals surface area (Å²) in [6, 6.07) is 0.631. The molecular weight excluding hydrogens is 158 g/mol. The van der Waals surface area contributed by atoms with E-state index in [0.717, 1.165) is 0 Å². The van der Waals surface area contributed by atoms with Crippen molar-refractivity contribution in [2.75, 3.05) is 7.11 Å². The first-order valence-electron chi connectivity index (χ1n) is 3.79. The maximum absolute atomic E-state index is 8.90. The molecule has 12 heavy (non-hydrogen) atoms. The predicted octanol–water partition coefficient (Wildman–Crippen LogP) is 0.360. The molecule has 1 N–H and O–H groups in total. The highest BCUT2D eigenvalue weighted by molar-refractivity contribution is 5.01. The van der Waals surface area contributed by atoms with Crippen LogP contribution in [-0.2, 0) is 6.61 Å². The minimum Gasteiger partial charge on any atom is -0.467 e. The van der Waals surface area contributed by atoms with Gasteiger partial charge in [-0.05, 0) is 13.8 Å². The van der Waals surface area contributed by atoms with Crippen LogP contribution in [0.5, 0.6) is 6.01 Å². The molecule has 0 saturated carbocycles. The van der Waals surface area contributed by atoms with E-state index in [4.69, 9.17) is 9.84 Å². The molecule has 0 aliphatic rings. The summed E-state index contributed by atoms with van der Waals surface area (Å²) in [6.45, 7) is 3.84. The van der Waals surface area contributed by atoms with Crippen LogP contribution in [0, 0.1) is 0 Å². The topological polar surface area (TPSA) is 60.2 Å². The van der Waals surface area contributed by atoms with Gasteiger partial charge in [0.05, 0.1) is 7.11 Å². The third-order valence-corrected chi connectivity index (χ3v) is 1.58. The lowest BCUT2D eigenvalue weighted by Gasteiger charge is -2.10. The summed E-state index contributed by atoms with van der Waals surface area (Å²) in [5, 5.41) is 16.4. The van der Waals surface area contributed by atoms with E-state index >= 15 is 0 Å². The van der Waals surface area contributed by atoms with Crippen molar-refractivity contribution in [3.05, 3.63) is 5.82 Å². The lowest BCUT2D eigenvalue weighted by Crippen LogP contribution is -2.08. The number of aromatic nitrogens is 3. The lowest BCUT2D eigenvalue weighted by molar-refractivity contribution is 0.257. The standard InChI is InChI=1S/C7H13N3O2/c1-5(2)10-6(4-11)8-9-7(10)12-3/h5,11H,4H2,1-3H3. The minimum absolute atomic E-state index is 0.117. The number of aliphatic hydroxyl groups is 1. The molecule has 5 heteroatoms. The third kappa shape index (κ3) is 1.40. The molecule has 1 rings (SSSR count). The Morgan fingerprint density at radius 1 is 1.50 bits per heavy atom. The molecule has 0 amide bonds. The lowest BCUT2D eigenvalue weighted by atomic mass is 10.4. The van der Waals surface area contributed by atoms with Gasteiger partial charge in [-0.15, -0.1) is 5.10 Å². The average Bonchev–Trinajstić information content (AvgIpc) is 2.46. The number of ether oxygens (including phenoxy) is 1. The second kappa shape index (κ2) is 3.53. The molecule has 0 fully saturated rings. The van der Waals surface area contributed by atoms with Gasteiger partial charge in [0.1, 0.15) is 6.61 Å². The predicted molar refractivity (Wildman–Crippen MR) is 42.9 cm³/mol. The molecular formula is C7H13N3O2. The zero-order chi connectivity index (χ0) is 9.14. The normalized spacial score (nSPS) is 10.8. The monoisotopic (exact) mass is 171 g/mol. The maximum Gasteiger partial charge on any atom is 0.316 e. The van der Waals surface area contributed by atoms with Gasteiger partial charge in [0.15, 0.2) is 5.82 Å². The molecule has 0 radical (unpaired) electrons. The van der Waals surface area contributed by atoms with Crippen LogP contribution in [0.25, 0.3) is 0 Å².